The third kappa shape index (κ3) is 4.56. The number of rotatable bonds is 6. The van der Waals surface area contributed by atoms with Gasteiger partial charge < -0.3 is 11.1 Å². The molecule has 8 heteroatoms. The molecular weight excluding hydrogens is 383 g/mol. The summed E-state index contributed by atoms with van der Waals surface area (Å²) in [7, 11) is 0. The smallest absolute Gasteiger partial charge is 0.233 e. The quantitative estimate of drug-likeness (QED) is 0.481. The average molecular weight is 405 g/mol. The number of aromatic nitrogens is 2. The molecule has 0 bridgehead atoms. The van der Waals surface area contributed by atoms with Crippen LogP contribution < -0.4 is 11.1 Å². The van der Waals surface area contributed by atoms with Crippen LogP contribution in [-0.4, -0.2) is 27.7 Å². The minimum Gasteiger partial charge on any atom is -0.383 e. The van der Waals surface area contributed by atoms with Crippen LogP contribution in [-0.2, 0) is 11.2 Å². The lowest BCUT2D eigenvalue weighted by Crippen LogP contribution is -2.32. The van der Waals surface area contributed by atoms with Crippen molar-refractivity contribution in [3.8, 4) is 0 Å². The Morgan fingerprint density at radius 1 is 1.30 bits per heavy atom. The van der Waals surface area contributed by atoms with Gasteiger partial charge in [0.1, 0.15) is 16.5 Å². The molecule has 0 saturated heterocycles. The molecule has 5 nitrogen and oxygen atoms in total. The Bertz CT molecular complexity index is 972. The number of carbonyl (C=O) groups is 1. The van der Waals surface area contributed by atoms with E-state index in [1.54, 1.807) is 23.5 Å². The number of amides is 1. The number of nitrogen functional groups attached to an aromatic ring is 1. The van der Waals surface area contributed by atoms with Gasteiger partial charge in [0.05, 0.1) is 10.6 Å². The predicted molar refractivity (Wildman–Crippen MR) is 110 cm³/mol. The standard InChI is InChI=1S/C19H21FN4OS2/c1-10-11(2)26-18-15(10)16(21)23-19(24-18)27-12(3)17(25)22-9-8-13-4-6-14(20)7-5-13/h4-7,12H,8-9H2,1-3H3,(H,22,25)(H2,21,23,24)/t12-/m1/s1. The third-order valence-corrected chi connectivity index (χ3v) is 6.38. The van der Waals surface area contributed by atoms with Crippen LogP contribution in [0.2, 0.25) is 0 Å². The molecule has 27 heavy (non-hydrogen) atoms. The van der Waals surface area contributed by atoms with Gasteiger partial charge in [-0.3, -0.25) is 4.79 Å². The van der Waals surface area contributed by atoms with Gasteiger partial charge in [-0.25, -0.2) is 14.4 Å². The first-order valence-electron chi connectivity index (χ1n) is 8.57. The number of aryl methyl sites for hydroxylation is 2. The molecule has 3 N–H and O–H groups in total. The summed E-state index contributed by atoms with van der Waals surface area (Å²) in [6, 6.07) is 6.27. The number of benzene rings is 1. The number of carbonyl (C=O) groups excluding carboxylic acids is 1. The Morgan fingerprint density at radius 2 is 2.00 bits per heavy atom. The maximum atomic E-state index is 12.9. The Balaban J connectivity index is 1.59. The van der Waals surface area contributed by atoms with Crippen LogP contribution in [0.15, 0.2) is 29.4 Å². The summed E-state index contributed by atoms with van der Waals surface area (Å²) in [6.07, 6.45) is 0.645. The molecule has 0 radical (unpaired) electrons. The van der Waals surface area contributed by atoms with Gasteiger partial charge in [0.25, 0.3) is 0 Å². The highest BCUT2D eigenvalue weighted by Crippen LogP contribution is 2.34. The normalized spacial score (nSPS) is 12.3. The first kappa shape index (κ1) is 19.6. The largest absolute Gasteiger partial charge is 0.383 e. The number of thiophene rings is 1. The Labute approximate surface area is 165 Å². The molecule has 0 fully saturated rings. The predicted octanol–water partition coefficient (Wildman–Crippen LogP) is 3.87. The number of hydrogen-bond acceptors (Lipinski definition) is 6. The monoisotopic (exact) mass is 404 g/mol. The Kier molecular flexibility index (Phi) is 5.96. The zero-order chi connectivity index (χ0) is 19.6. The van der Waals surface area contributed by atoms with Crippen molar-refractivity contribution in [3.63, 3.8) is 0 Å². The van der Waals surface area contributed by atoms with E-state index in [0.717, 1.165) is 21.3 Å². The number of fused-ring (bicyclic) bond motifs is 1. The van der Waals surface area contributed by atoms with Crippen LogP contribution in [0.5, 0.6) is 0 Å². The molecule has 3 aromatic rings. The summed E-state index contributed by atoms with van der Waals surface area (Å²) in [6.45, 7) is 6.34. The first-order valence-corrected chi connectivity index (χ1v) is 10.3. The van der Waals surface area contributed by atoms with E-state index in [0.29, 0.717) is 23.9 Å². The van der Waals surface area contributed by atoms with Crippen molar-refractivity contribution in [2.45, 2.75) is 37.6 Å². The number of hydrogen-bond donors (Lipinski definition) is 2. The SMILES string of the molecule is Cc1sc2nc(S[C@H](C)C(=O)NCCc3ccc(F)cc3)nc(N)c2c1C. The maximum Gasteiger partial charge on any atom is 0.233 e. The first-order chi connectivity index (χ1) is 12.8. The zero-order valence-corrected chi connectivity index (χ0v) is 17.0. The van der Waals surface area contributed by atoms with Crippen molar-refractivity contribution in [2.75, 3.05) is 12.3 Å². The van der Waals surface area contributed by atoms with Crippen LogP contribution in [0.4, 0.5) is 10.2 Å². The lowest BCUT2D eigenvalue weighted by atomic mass is 10.1. The van der Waals surface area contributed by atoms with Crippen molar-refractivity contribution < 1.29 is 9.18 Å². The van der Waals surface area contributed by atoms with Crippen molar-refractivity contribution in [1.82, 2.24) is 15.3 Å². The molecular formula is C19H21FN4OS2. The molecule has 0 spiro atoms. The van der Waals surface area contributed by atoms with Gasteiger partial charge in [0.15, 0.2) is 5.16 Å². The molecule has 1 atom stereocenters. The molecule has 2 aromatic heterocycles. The van der Waals surface area contributed by atoms with E-state index in [2.05, 4.69) is 15.3 Å². The van der Waals surface area contributed by atoms with Crippen molar-refractivity contribution in [1.29, 1.82) is 0 Å². The van der Waals surface area contributed by atoms with Crippen molar-refractivity contribution in [3.05, 3.63) is 46.1 Å². The summed E-state index contributed by atoms with van der Waals surface area (Å²) in [5.41, 5.74) is 8.17. The second-order valence-corrected chi connectivity index (χ2v) is 8.79. The summed E-state index contributed by atoms with van der Waals surface area (Å²) in [5, 5.41) is 3.95. The number of thioether (sulfide) groups is 1. The highest BCUT2D eigenvalue weighted by molar-refractivity contribution is 8.00. The van der Waals surface area contributed by atoms with E-state index in [1.807, 2.05) is 20.8 Å². The number of anilines is 1. The van der Waals surface area contributed by atoms with Gasteiger partial charge in [-0.05, 0) is 50.5 Å². The molecule has 1 aromatic carbocycles. The number of halogens is 1. The number of nitrogens with one attached hydrogen (secondary N) is 1. The van der Waals surface area contributed by atoms with Crippen LogP contribution in [0.3, 0.4) is 0 Å². The van der Waals surface area contributed by atoms with Gasteiger partial charge in [-0.1, -0.05) is 23.9 Å². The minimum atomic E-state index is -0.350. The van der Waals surface area contributed by atoms with Gasteiger partial charge in [0.2, 0.25) is 5.91 Å². The zero-order valence-electron chi connectivity index (χ0n) is 15.4. The fourth-order valence-corrected chi connectivity index (χ4v) is 4.55. The Morgan fingerprint density at radius 3 is 2.70 bits per heavy atom. The van der Waals surface area contributed by atoms with E-state index in [1.165, 1.54) is 28.8 Å². The molecule has 3 rings (SSSR count). The van der Waals surface area contributed by atoms with Gasteiger partial charge in [0, 0.05) is 11.4 Å². The van der Waals surface area contributed by atoms with Crippen LogP contribution in [0, 0.1) is 19.7 Å². The Hall–Kier alpha value is -2.19. The van der Waals surface area contributed by atoms with E-state index in [-0.39, 0.29) is 17.0 Å². The molecule has 0 aliphatic rings. The fraction of sp³-hybridized carbons (Fsp3) is 0.316. The molecule has 0 aliphatic carbocycles. The second kappa shape index (κ2) is 8.22. The molecule has 1 amide bonds. The van der Waals surface area contributed by atoms with Gasteiger partial charge >= 0.3 is 0 Å². The van der Waals surface area contributed by atoms with E-state index >= 15 is 0 Å². The molecule has 142 valence electrons. The van der Waals surface area contributed by atoms with Crippen LogP contribution in [0.25, 0.3) is 10.2 Å². The lowest BCUT2D eigenvalue weighted by Gasteiger charge is -2.11. The van der Waals surface area contributed by atoms with E-state index in [9.17, 15) is 9.18 Å². The fourth-order valence-electron chi connectivity index (χ4n) is 2.65. The third-order valence-electron chi connectivity index (χ3n) is 4.31. The molecule has 0 unspecified atom stereocenters. The molecule has 2 heterocycles. The number of nitrogens with two attached hydrogens (primary N) is 1. The summed E-state index contributed by atoms with van der Waals surface area (Å²) in [5.74, 6) is 0.0939. The lowest BCUT2D eigenvalue weighted by molar-refractivity contribution is -0.120. The van der Waals surface area contributed by atoms with Crippen molar-refractivity contribution >= 4 is 45.0 Å². The molecule has 0 saturated carbocycles. The number of nitrogens with zero attached hydrogens (tertiary/aromatic N) is 2. The minimum absolute atomic E-state index is 0.0945. The highest BCUT2D eigenvalue weighted by Gasteiger charge is 2.18. The molecule has 0 aliphatic heterocycles. The van der Waals surface area contributed by atoms with Crippen molar-refractivity contribution in [2.24, 2.45) is 0 Å². The average Bonchev–Trinajstić information content (AvgIpc) is 2.91. The van der Waals surface area contributed by atoms with E-state index < -0.39 is 0 Å². The maximum absolute atomic E-state index is 12.9. The van der Waals surface area contributed by atoms with Crippen LogP contribution in [0.1, 0.15) is 22.9 Å². The highest BCUT2D eigenvalue weighted by atomic mass is 32.2. The topological polar surface area (TPSA) is 80.9 Å². The van der Waals surface area contributed by atoms with Gasteiger partial charge in [-0.2, -0.15) is 0 Å². The van der Waals surface area contributed by atoms with Crippen LogP contribution >= 0.6 is 23.1 Å². The summed E-state index contributed by atoms with van der Waals surface area (Å²) >= 11 is 2.87. The summed E-state index contributed by atoms with van der Waals surface area (Å²) < 4.78 is 12.9. The van der Waals surface area contributed by atoms with E-state index in [4.69, 9.17) is 5.73 Å². The van der Waals surface area contributed by atoms with Gasteiger partial charge in [-0.15, -0.1) is 11.3 Å². The summed E-state index contributed by atoms with van der Waals surface area (Å²) in [4.78, 5) is 23.2. The second-order valence-electron chi connectivity index (χ2n) is 6.28.